The standard InChI is InChI=1S/C19H20N4O/c20-13-15-2-1-3-16(12-15)14-22-18-6-10-23(11-7-18)19(24)17-4-8-21-9-5-17/h1-5,8-9,12,18,22H,6-7,10-11,14H2. The van der Waals surface area contributed by atoms with Gasteiger partial charge in [-0.25, -0.2) is 0 Å². The largest absolute Gasteiger partial charge is 0.339 e. The highest BCUT2D eigenvalue weighted by Gasteiger charge is 2.23. The van der Waals surface area contributed by atoms with Crippen LogP contribution in [0.5, 0.6) is 0 Å². The zero-order valence-electron chi connectivity index (χ0n) is 13.5. The summed E-state index contributed by atoms with van der Waals surface area (Å²) in [6, 6.07) is 13.7. The molecule has 0 spiro atoms. The monoisotopic (exact) mass is 320 g/mol. The molecule has 5 heteroatoms. The van der Waals surface area contributed by atoms with Crippen molar-refractivity contribution < 1.29 is 4.79 Å². The molecule has 0 saturated carbocycles. The number of hydrogen-bond acceptors (Lipinski definition) is 4. The number of nitrogens with one attached hydrogen (secondary N) is 1. The molecule has 3 rings (SSSR count). The normalized spacial score (nSPS) is 15.0. The van der Waals surface area contributed by atoms with E-state index < -0.39 is 0 Å². The maximum atomic E-state index is 12.4. The summed E-state index contributed by atoms with van der Waals surface area (Å²) in [5, 5.41) is 12.5. The first-order chi connectivity index (χ1) is 11.8. The van der Waals surface area contributed by atoms with Gasteiger partial charge in [-0.05, 0) is 42.7 Å². The first kappa shape index (κ1) is 16.2. The van der Waals surface area contributed by atoms with E-state index in [0.29, 0.717) is 17.2 Å². The van der Waals surface area contributed by atoms with Gasteiger partial charge in [0.25, 0.3) is 5.91 Å². The fourth-order valence-corrected chi connectivity index (χ4v) is 2.98. The molecule has 5 nitrogen and oxygen atoms in total. The molecule has 2 heterocycles. The summed E-state index contributed by atoms with van der Waals surface area (Å²) in [5.41, 5.74) is 2.50. The van der Waals surface area contributed by atoms with E-state index in [1.54, 1.807) is 24.5 Å². The molecule has 24 heavy (non-hydrogen) atoms. The van der Waals surface area contributed by atoms with Gasteiger partial charge in [0.15, 0.2) is 0 Å². The highest BCUT2D eigenvalue weighted by molar-refractivity contribution is 5.94. The molecule has 0 radical (unpaired) electrons. The predicted octanol–water partition coefficient (Wildman–Crippen LogP) is 2.35. The smallest absolute Gasteiger partial charge is 0.253 e. The molecule has 0 bridgehead atoms. The van der Waals surface area contributed by atoms with E-state index in [0.717, 1.165) is 38.0 Å². The molecule has 0 aliphatic carbocycles. The van der Waals surface area contributed by atoms with Gasteiger partial charge in [0, 0.05) is 43.6 Å². The summed E-state index contributed by atoms with van der Waals surface area (Å²) in [6.45, 7) is 2.27. The molecular weight excluding hydrogens is 300 g/mol. The van der Waals surface area contributed by atoms with Crippen molar-refractivity contribution in [3.05, 3.63) is 65.5 Å². The molecule has 1 aliphatic rings. The van der Waals surface area contributed by atoms with Crippen LogP contribution in [0.2, 0.25) is 0 Å². The Balaban J connectivity index is 1.48. The molecule has 1 aromatic carbocycles. The maximum Gasteiger partial charge on any atom is 0.253 e. The average molecular weight is 320 g/mol. The Hall–Kier alpha value is -2.71. The number of carbonyl (C=O) groups excluding carboxylic acids is 1. The SMILES string of the molecule is N#Cc1cccc(CNC2CCN(C(=O)c3ccncc3)CC2)c1. The second kappa shape index (κ2) is 7.71. The average Bonchev–Trinajstić information content (AvgIpc) is 2.67. The van der Waals surface area contributed by atoms with Crippen LogP contribution in [0.25, 0.3) is 0 Å². The number of benzene rings is 1. The third-order valence-corrected chi connectivity index (χ3v) is 4.36. The number of amides is 1. The Labute approximate surface area is 141 Å². The molecule has 1 fully saturated rings. The van der Waals surface area contributed by atoms with Crippen LogP contribution in [0.1, 0.15) is 34.3 Å². The number of carbonyl (C=O) groups is 1. The molecule has 0 atom stereocenters. The van der Waals surface area contributed by atoms with Crippen molar-refractivity contribution in [3.63, 3.8) is 0 Å². The highest BCUT2D eigenvalue weighted by atomic mass is 16.2. The lowest BCUT2D eigenvalue weighted by Gasteiger charge is -2.32. The van der Waals surface area contributed by atoms with Crippen molar-refractivity contribution in [3.8, 4) is 6.07 Å². The molecule has 1 aliphatic heterocycles. The number of aromatic nitrogens is 1. The van der Waals surface area contributed by atoms with E-state index in [1.807, 2.05) is 29.2 Å². The first-order valence-electron chi connectivity index (χ1n) is 8.18. The highest BCUT2D eigenvalue weighted by Crippen LogP contribution is 2.14. The third-order valence-electron chi connectivity index (χ3n) is 4.36. The number of rotatable bonds is 4. The molecule has 1 saturated heterocycles. The Bertz CT molecular complexity index is 731. The molecular formula is C19H20N4O. The van der Waals surface area contributed by atoms with Gasteiger partial charge in [-0.3, -0.25) is 9.78 Å². The Morgan fingerprint density at radius 3 is 2.71 bits per heavy atom. The quantitative estimate of drug-likeness (QED) is 0.939. The van der Waals surface area contributed by atoms with Crippen molar-refractivity contribution in [2.75, 3.05) is 13.1 Å². The molecule has 1 N–H and O–H groups in total. The Morgan fingerprint density at radius 1 is 1.25 bits per heavy atom. The van der Waals surface area contributed by atoms with E-state index in [2.05, 4.69) is 16.4 Å². The Kier molecular flexibility index (Phi) is 5.19. The van der Waals surface area contributed by atoms with Crippen LogP contribution < -0.4 is 5.32 Å². The Morgan fingerprint density at radius 2 is 2.00 bits per heavy atom. The van der Waals surface area contributed by atoms with Crippen molar-refractivity contribution >= 4 is 5.91 Å². The minimum absolute atomic E-state index is 0.0811. The number of hydrogen-bond donors (Lipinski definition) is 1. The predicted molar refractivity (Wildman–Crippen MR) is 91.2 cm³/mol. The van der Waals surface area contributed by atoms with Gasteiger partial charge < -0.3 is 10.2 Å². The van der Waals surface area contributed by atoms with Gasteiger partial charge in [0.05, 0.1) is 11.6 Å². The summed E-state index contributed by atoms with van der Waals surface area (Å²) in [6.07, 6.45) is 5.18. The van der Waals surface area contributed by atoms with Crippen LogP contribution in [0.3, 0.4) is 0 Å². The van der Waals surface area contributed by atoms with Gasteiger partial charge in [-0.2, -0.15) is 5.26 Å². The molecule has 122 valence electrons. The van der Waals surface area contributed by atoms with Gasteiger partial charge in [-0.15, -0.1) is 0 Å². The van der Waals surface area contributed by atoms with Crippen molar-refractivity contribution in [1.82, 2.24) is 15.2 Å². The van der Waals surface area contributed by atoms with Gasteiger partial charge in [0.2, 0.25) is 0 Å². The van der Waals surface area contributed by atoms with Crippen LogP contribution in [0.4, 0.5) is 0 Å². The lowest BCUT2D eigenvalue weighted by atomic mass is 10.0. The van der Waals surface area contributed by atoms with Crippen molar-refractivity contribution in [1.29, 1.82) is 5.26 Å². The number of piperidine rings is 1. The third kappa shape index (κ3) is 3.98. The van der Waals surface area contributed by atoms with Gasteiger partial charge in [0.1, 0.15) is 0 Å². The fourth-order valence-electron chi connectivity index (χ4n) is 2.98. The number of nitrogens with zero attached hydrogens (tertiary/aromatic N) is 3. The van der Waals surface area contributed by atoms with E-state index in [1.165, 1.54) is 0 Å². The minimum atomic E-state index is 0.0811. The summed E-state index contributed by atoms with van der Waals surface area (Å²) < 4.78 is 0. The zero-order valence-corrected chi connectivity index (χ0v) is 13.5. The summed E-state index contributed by atoms with van der Waals surface area (Å²) in [4.78, 5) is 18.3. The van der Waals surface area contributed by atoms with Crippen molar-refractivity contribution in [2.24, 2.45) is 0 Å². The number of nitriles is 1. The first-order valence-corrected chi connectivity index (χ1v) is 8.18. The van der Waals surface area contributed by atoms with E-state index in [-0.39, 0.29) is 5.91 Å². The van der Waals surface area contributed by atoms with Gasteiger partial charge >= 0.3 is 0 Å². The van der Waals surface area contributed by atoms with Crippen LogP contribution in [0, 0.1) is 11.3 Å². The number of pyridine rings is 1. The second-order valence-electron chi connectivity index (χ2n) is 6.00. The molecule has 1 aromatic heterocycles. The van der Waals surface area contributed by atoms with E-state index >= 15 is 0 Å². The number of likely N-dealkylation sites (tertiary alicyclic amines) is 1. The summed E-state index contributed by atoms with van der Waals surface area (Å²) >= 11 is 0. The topological polar surface area (TPSA) is 69.0 Å². The summed E-state index contributed by atoms with van der Waals surface area (Å²) in [5.74, 6) is 0.0811. The van der Waals surface area contributed by atoms with E-state index in [9.17, 15) is 4.79 Å². The lowest BCUT2D eigenvalue weighted by Crippen LogP contribution is -2.44. The summed E-state index contributed by atoms with van der Waals surface area (Å²) in [7, 11) is 0. The molecule has 2 aromatic rings. The zero-order chi connectivity index (χ0) is 16.8. The van der Waals surface area contributed by atoms with Crippen LogP contribution in [-0.2, 0) is 6.54 Å². The molecule has 1 amide bonds. The second-order valence-corrected chi connectivity index (χ2v) is 6.00. The molecule has 0 unspecified atom stereocenters. The van der Waals surface area contributed by atoms with Crippen LogP contribution >= 0.6 is 0 Å². The lowest BCUT2D eigenvalue weighted by molar-refractivity contribution is 0.0704. The maximum absolute atomic E-state index is 12.4. The van der Waals surface area contributed by atoms with Crippen LogP contribution in [0.15, 0.2) is 48.8 Å². The van der Waals surface area contributed by atoms with Gasteiger partial charge in [-0.1, -0.05) is 12.1 Å². The van der Waals surface area contributed by atoms with Crippen molar-refractivity contribution in [2.45, 2.75) is 25.4 Å². The minimum Gasteiger partial charge on any atom is -0.339 e. The fraction of sp³-hybridized carbons (Fsp3) is 0.316. The van der Waals surface area contributed by atoms with E-state index in [4.69, 9.17) is 5.26 Å². The van der Waals surface area contributed by atoms with Crippen LogP contribution in [-0.4, -0.2) is 34.9 Å².